The average molecular weight is 320 g/mol. The number of benzene rings is 2. The van der Waals surface area contributed by atoms with Crippen molar-refractivity contribution in [1.82, 2.24) is 10.3 Å². The third kappa shape index (κ3) is 3.57. The van der Waals surface area contributed by atoms with Gasteiger partial charge in [-0.1, -0.05) is 42.5 Å². The molecule has 0 aliphatic heterocycles. The maximum atomic E-state index is 12.2. The highest BCUT2D eigenvalue weighted by Gasteiger charge is 2.21. The van der Waals surface area contributed by atoms with Crippen molar-refractivity contribution in [3.8, 4) is 0 Å². The molecule has 0 unspecified atom stereocenters. The highest BCUT2D eigenvalue weighted by atomic mass is 16.4. The van der Waals surface area contributed by atoms with E-state index in [1.165, 1.54) is 12.4 Å². The van der Waals surface area contributed by atoms with Crippen LogP contribution in [0.15, 0.2) is 67.0 Å². The van der Waals surface area contributed by atoms with Gasteiger partial charge in [-0.05, 0) is 28.5 Å². The van der Waals surface area contributed by atoms with Gasteiger partial charge in [-0.2, -0.15) is 0 Å². The van der Waals surface area contributed by atoms with E-state index >= 15 is 0 Å². The third-order valence-electron chi connectivity index (χ3n) is 3.80. The zero-order valence-electron chi connectivity index (χ0n) is 12.8. The number of pyridine rings is 1. The number of carboxylic acid groups (broad SMARTS) is 1. The molecular formula is C19H16N2O3. The van der Waals surface area contributed by atoms with E-state index in [-0.39, 0.29) is 6.42 Å². The van der Waals surface area contributed by atoms with Crippen LogP contribution in [-0.2, 0) is 11.2 Å². The summed E-state index contributed by atoms with van der Waals surface area (Å²) < 4.78 is 0. The number of carbonyl (C=O) groups is 2. The van der Waals surface area contributed by atoms with Gasteiger partial charge in [-0.25, -0.2) is 4.79 Å². The van der Waals surface area contributed by atoms with Gasteiger partial charge in [0, 0.05) is 24.4 Å². The largest absolute Gasteiger partial charge is 0.480 e. The fourth-order valence-corrected chi connectivity index (χ4v) is 2.55. The molecule has 0 bridgehead atoms. The van der Waals surface area contributed by atoms with Crippen molar-refractivity contribution in [2.45, 2.75) is 12.5 Å². The number of carbonyl (C=O) groups excluding carboxylic acids is 1. The highest BCUT2D eigenvalue weighted by Crippen LogP contribution is 2.17. The molecule has 2 aromatic carbocycles. The van der Waals surface area contributed by atoms with Crippen molar-refractivity contribution in [1.29, 1.82) is 0 Å². The number of aromatic nitrogens is 1. The molecule has 3 rings (SSSR count). The van der Waals surface area contributed by atoms with E-state index in [1.54, 1.807) is 12.1 Å². The summed E-state index contributed by atoms with van der Waals surface area (Å²) in [4.78, 5) is 27.5. The lowest BCUT2D eigenvalue weighted by Gasteiger charge is -2.15. The van der Waals surface area contributed by atoms with Crippen LogP contribution in [0.25, 0.3) is 10.8 Å². The Hall–Kier alpha value is -3.21. The maximum Gasteiger partial charge on any atom is 0.326 e. The van der Waals surface area contributed by atoms with Gasteiger partial charge in [-0.15, -0.1) is 0 Å². The summed E-state index contributed by atoms with van der Waals surface area (Å²) in [6, 6.07) is 15.8. The van der Waals surface area contributed by atoms with E-state index in [4.69, 9.17) is 0 Å². The predicted octanol–water partition coefficient (Wildman–Crippen LogP) is 2.66. The Morgan fingerprint density at radius 3 is 2.42 bits per heavy atom. The lowest BCUT2D eigenvalue weighted by atomic mass is 10.0. The molecule has 120 valence electrons. The fraction of sp³-hybridized carbons (Fsp3) is 0.105. The zero-order valence-corrected chi connectivity index (χ0v) is 12.8. The second-order valence-corrected chi connectivity index (χ2v) is 5.49. The van der Waals surface area contributed by atoms with Gasteiger partial charge in [0.1, 0.15) is 6.04 Å². The van der Waals surface area contributed by atoms with E-state index in [9.17, 15) is 14.7 Å². The van der Waals surface area contributed by atoms with Gasteiger partial charge in [0.05, 0.1) is 0 Å². The molecule has 1 heterocycles. The SMILES string of the molecule is O=C(N[C@H](Cc1ccc2ccccc2c1)C(=O)O)c1ccncc1. The number of rotatable bonds is 5. The van der Waals surface area contributed by atoms with Gasteiger partial charge in [-0.3, -0.25) is 9.78 Å². The van der Waals surface area contributed by atoms with E-state index in [2.05, 4.69) is 10.3 Å². The van der Waals surface area contributed by atoms with E-state index < -0.39 is 17.9 Å². The molecule has 5 heteroatoms. The molecule has 2 N–H and O–H groups in total. The van der Waals surface area contributed by atoms with Crippen LogP contribution in [0.4, 0.5) is 0 Å². The Bertz CT molecular complexity index is 878. The number of fused-ring (bicyclic) bond motifs is 1. The van der Waals surface area contributed by atoms with Crippen LogP contribution in [0.3, 0.4) is 0 Å². The van der Waals surface area contributed by atoms with Crippen LogP contribution in [0.1, 0.15) is 15.9 Å². The Balaban J connectivity index is 1.78. The molecule has 0 fully saturated rings. The molecule has 5 nitrogen and oxygen atoms in total. The van der Waals surface area contributed by atoms with E-state index in [1.807, 2.05) is 42.5 Å². The zero-order chi connectivity index (χ0) is 16.9. The van der Waals surface area contributed by atoms with Crippen LogP contribution >= 0.6 is 0 Å². The van der Waals surface area contributed by atoms with Crippen molar-refractivity contribution in [2.75, 3.05) is 0 Å². The van der Waals surface area contributed by atoms with Crippen LogP contribution in [0.5, 0.6) is 0 Å². The second-order valence-electron chi connectivity index (χ2n) is 5.49. The summed E-state index contributed by atoms with van der Waals surface area (Å²) in [5.74, 6) is -1.49. The predicted molar refractivity (Wildman–Crippen MR) is 90.8 cm³/mol. The van der Waals surface area contributed by atoms with Gasteiger partial charge >= 0.3 is 5.97 Å². The van der Waals surface area contributed by atoms with Crippen molar-refractivity contribution in [3.05, 3.63) is 78.1 Å². The molecule has 1 atom stereocenters. The summed E-state index contributed by atoms with van der Waals surface area (Å²) in [5.41, 5.74) is 1.24. The first-order valence-electron chi connectivity index (χ1n) is 7.55. The van der Waals surface area contributed by atoms with Crippen LogP contribution in [-0.4, -0.2) is 28.0 Å². The van der Waals surface area contributed by atoms with Gasteiger partial charge in [0.2, 0.25) is 0 Å². The molecule has 3 aromatic rings. The minimum Gasteiger partial charge on any atom is -0.480 e. The van der Waals surface area contributed by atoms with Gasteiger partial charge in [0.25, 0.3) is 5.91 Å². The molecular weight excluding hydrogens is 304 g/mol. The summed E-state index contributed by atoms with van der Waals surface area (Å²) in [6.45, 7) is 0. The quantitative estimate of drug-likeness (QED) is 0.757. The molecule has 0 aliphatic carbocycles. The smallest absolute Gasteiger partial charge is 0.326 e. The average Bonchev–Trinajstić information content (AvgIpc) is 2.61. The monoisotopic (exact) mass is 320 g/mol. The first kappa shape index (κ1) is 15.7. The number of carboxylic acids is 1. The Labute approximate surface area is 139 Å². The summed E-state index contributed by atoms with van der Waals surface area (Å²) in [5, 5.41) is 14.1. The van der Waals surface area contributed by atoms with Crippen LogP contribution in [0.2, 0.25) is 0 Å². The standard InChI is InChI=1S/C19H16N2O3/c22-18(15-7-9-20-10-8-15)21-17(19(23)24)12-13-5-6-14-3-1-2-4-16(14)11-13/h1-11,17H,12H2,(H,21,22)(H,23,24)/t17-/m1/s1. The van der Waals surface area contributed by atoms with Gasteiger partial charge in [0.15, 0.2) is 0 Å². The normalized spacial score (nSPS) is 11.8. The minimum absolute atomic E-state index is 0.219. The number of amides is 1. The number of hydrogen-bond acceptors (Lipinski definition) is 3. The van der Waals surface area contributed by atoms with Crippen molar-refractivity contribution < 1.29 is 14.7 Å². The van der Waals surface area contributed by atoms with Crippen LogP contribution in [0, 0.1) is 0 Å². The molecule has 24 heavy (non-hydrogen) atoms. The summed E-state index contributed by atoms with van der Waals surface area (Å²) in [6.07, 6.45) is 3.21. The van der Waals surface area contributed by atoms with Crippen molar-refractivity contribution >= 4 is 22.6 Å². The van der Waals surface area contributed by atoms with Crippen molar-refractivity contribution in [3.63, 3.8) is 0 Å². The molecule has 0 saturated heterocycles. The summed E-state index contributed by atoms with van der Waals surface area (Å²) in [7, 11) is 0. The summed E-state index contributed by atoms with van der Waals surface area (Å²) >= 11 is 0. The first-order valence-corrected chi connectivity index (χ1v) is 7.55. The highest BCUT2D eigenvalue weighted by molar-refractivity contribution is 5.96. The van der Waals surface area contributed by atoms with Gasteiger partial charge < -0.3 is 10.4 Å². The lowest BCUT2D eigenvalue weighted by molar-refractivity contribution is -0.139. The fourth-order valence-electron chi connectivity index (χ4n) is 2.55. The number of hydrogen-bond donors (Lipinski definition) is 2. The van der Waals surface area contributed by atoms with E-state index in [0.717, 1.165) is 16.3 Å². The Morgan fingerprint density at radius 2 is 1.71 bits per heavy atom. The second kappa shape index (κ2) is 6.91. The topological polar surface area (TPSA) is 79.3 Å². The molecule has 0 spiro atoms. The molecule has 0 radical (unpaired) electrons. The first-order chi connectivity index (χ1) is 11.6. The molecule has 0 aliphatic rings. The van der Waals surface area contributed by atoms with Crippen LogP contribution < -0.4 is 5.32 Å². The Morgan fingerprint density at radius 1 is 1.00 bits per heavy atom. The van der Waals surface area contributed by atoms with E-state index in [0.29, 0.717) is 5.56 Å². The molecule has 0 saturated carbocycles. The molecule has 1 amide bonds. The number of nitrogens with one attached hydrogen (secondary N) is 1. The number of aliphatic carboxylic acids is 1. The van der Waals surface area contributed by atoms with Crippen molar-refractivity contribution in [2.24, 2.45) is 0 Å². The number of nitrogens with zero attached hydrogens (tertiary/aromatic N) is 1. The third-order valence-corrected chi connectivity index (χ3v) is 3.80. The maximum absolute atomic E-state index is 12.2. The Kier molecular flexibility index (Phi) is 4.52. The lowest BCUT2D eigenvalue weighted by Crippen LogP contribution is -2.42. The minimum atomic E-state index is -1.06. The molecule has 1 aromatic heterocycles.